The first-order chi connectivity index (χ1) is 10.0. The Hall–Kier alpha value is -2.74. The molecule has 1 aromatic heterocycles. The number of rotatable bonds is 5. The Morgan fingerprint density at radius 2 is 2.29 bits per heavy atom. The van der Waals surface area contributed by atoms with Gasteiger partial charge in [0.2, 0.25) is 0 Å². The zero-order valence-electron chi connectivity index (χ0n) is 11.2. The topological polar surface area (TPSA) is 103 Å². The van der Waals surface area contributed by atoms with Crippen molar-refractivity contribution in [3.63, 3.8) is 0 Å². The number of nitrogens with one attached hydrogen (secondary N) is 1. The molecule has 0 saturated heterocycles. The maximum atomic E-state index is 13.8. The van der Waals surface area contributed by atoms with Crippen molar-refractivity contribution in [2.24, 2.45) is 5.84 Å². The van der Waals surface area contributed by atoms with E-state index in [0.29, 0.717) is 16.9 Å². The first-order valence-corrected chi connectivity index (χ1v) is 6.00. The summed E-state index contributed by atoms with van der Waals surface area (Å²) in [6.07, 6.45) is 1.55. The first-order valence-electron chi connectivity index (χ1n) is 6.00. The largest absolute Gasteiger partial charge is 0.486 e. The summed E-state index contributed by atoms with van der Waals surface area (Å²) in [6, 6.07) is 5.55. The number of benzene rings is 1. The zero-order chi connectivity index (χ0) is 15.4. The summed E-state index contributed by atoms with van der Waals surface area (Å²) >= 11 is 0. The number of nitrogen functional groups attached to an aromatic ring is 1. The van der Waals surface area contributed by atoms with E-state index in [1.54, 1.807) is 18.3 Å². The predicted octanol–water partition coefficient (Wildman–Crippen LogP) is 2.30. The van der Waals surface area contributed by atoms with Crippen LogP contribution in [0.15, 0.2) is 30.5 Å². The van der Waals surface area contributed by atoms with Gasteiger partial charge < -0.3 is 10.2 Å². The van der Waals surface area contributed by atoms with Crippen LogP contribution in [0.25, 0.3) is 0 Å². The molecule has 0 aliphatic carbocycles. The highest BCUT2D eigenvalue weighted by atomic mass is 19.1. The van der Waals surface area contributed by atoms with Crippen LogP contribution in [0.2, 0.25) is 0 Å². The number of nitro benzene ring substituents is 1. The molecule has 110 valence electrons. The van der Waals surface area contributed by atoms with Gasteiger partial charge in [-0.2, -0.15) is 0 Å². The van der Waals surface area contributed by atoms with Gasteiger partial charge in [-0.1, -0.05) is 6.07 Å². The number of aryl methyl sites for hydroxylation is 1. The van der Waals surface area contributed by atoms with Crippen molar-refractivity contribution in [1.29, 1.82) is 0 Å². The third kappa shape index (κ3) is 3.23. The average Bonchev–Trinajstić information content (AvgIpc) is 2.47. The molecular weight excluding hydrogens is 279 g/mol. The number of aromatic nitrogens is 1. The molecule has 0 radical (unpaired) electrons. The standard InChI is InChI=1S/C13H13FN4O3/c1-8-5-12(10(14)6-11(8)18(19)20)21-7-9-3-2-4-16-13(9)17-15/h2-6H,7,15H2,1H3,(H,16,17). The third-order valence-electron chi connectivity index (χ3n) is 2.86. The van der Waals surface area contributed by atoms with Crippen LogP contribution in [-0.2, 0) is 6.61 Å². The predicted molar refractivity (Wildman–Crippen MR) is 74.2 cm³/mol. The zero-order valence-corrected chi connectivity index (χ0v) is 11.2. The van der Waals surface area contributed by atoms with Crippen molar-refractivity contribution < 1.29 is 14.1 Å². The monoisotopic (exact) mass is 292 g/mol. The van der Waals surface area contributed by atoms with Gasteiger partial charge in [-0.05, 0) is 19.1 Å². The summed E-state index contributed by atoms with van der Waals surface area (Å²) in [7, 11) is 0. The van der Waals surface area contributed by atoms with Gasteiger partial charge in [0.25, 0.3) is 5.69 Å². The van der Waals surface area contributed by atoms with Crippen molar-refractivity contribution in [3.8, 4) is 5.75 Å². The van der Waals surface area contributed by atoms with E-state index >= 15 is 0 Å². The van der Waals surface area contributed by atoms with Gasteiger partial charge in [-0.3, -0.25) is 10.1 Å². The van der Waals surface area contributed by atoms with Crippen LogP contribution < -0.4 is 16.0 Å². The molecule has 1 aromatic carbocycles. The maximum Gasteiger partial charge on any atom is 0.275 e. The van der Waals surface area contributed by atoms with Crippen LogP contribution in [-0.4, -0.2) is 9.91 Å². The Morgan fingerprint density at radius 3 is 2.95 bits per heavy atom. The lowest BCUT2D eigenvalue weighted by Crippen LogP contribution is -2.12. The number of nitrogens with zero attached hydrogens (tertiary/aromatic N) is 2. The van der Waals surface area contributed by atoms with Gasteiger partial charge >= 0.3 is 0 Å². The van der Waals surface area contributed by atoms with E-state index in [2.05, 4.69) is 10.4 Å². The van der Waals surface area contributed by atoms with Crippen LogP contribution in [0.1, 0.15) is 11.1 Å². The number of hydrogen-bond donors (Lipinski definition) is 2. The normalized spacial score (nSPS) is 10.2. The second-order valence-corrected chi connectivity index (χ2v) is 4.27. The molecule has 2 rings (SSSR count). The molecule has 0 fully saturated rings. The number of nitrogens with two attached hydrogens (primary N) is 1. The van der Waals surface area contributed by atoms with Crippen molar-refractivity contribution >= 4 is 11.5 Å². The minimum atomic E-state index is -0.793. The van der Waals surface area contributed by atoms with Gasteiger partial charge in [-0.15, -0.1) is 0 Å². The number of hydrazine groups is 1. The number of ether oxygens (including phenoxy) is 1. The van der Waals surface area contributed by atoms with Crippen LogP contribution in [0.4, 0.5) is 15.9 Å². The average molecular weight is 292 g/mol. The molecule has 21 heavy (non-hydrogen) atoms. The molecule has 0 unspecified atom stereocenters. The molecule has 3 N–H and O–H groups in total. The van der Waals surface area contributed by atoms with E-state index in [-0.39, 0.29) is 18.0 Å². The Balaban J connectivity index is 2.21. The molecule has 0 saturated carbocycles. The Bertz CT molecular complexity index is 678. The summed E-state index contributed by atoms with van der Waals surface area (Å²) in [5.41, 5.74) is 3.08. The molecule has 1 heterocycles. The highest BCUT2D eigenvalue weighted by Crippen LogP contribution is 2.27. The lowest BCUT2D eigenvalue weighted by atomic mass is 10.2. The molecule has 0 aliphatic rings. The summed E-state index contributed by atoms with van der Waals surface area (Å²) < 4.78 is 19.1. The molecular formula is C13H13FN4O3. The molecule has 7 nitrogen and oxygen atoms in total. The number of pyridine rings is 1. The fourth-order valence-electron chi connectivity index (χ4n) is 1.79. The number of nitro groups is 1. The second kappa shape index (κ2) is 6.14. The third-order valence-corrected chi connectivity index (χ3v) is 2.86. The molecule has 0 aliphatic heterocycles. The van der Waals surface area contributed by atoms with E-state index in [1.165, 1.54) is 13.0 Å². The van der Waals surface area contributed by atoms with Gasteiger partial charge in [0.1, 0.15) is 12.4 Å². The van der Waals surface area contributed by atoms with Crippen LogP contribution >= 0.6 is 0 Å². The highest BCUT2D eigenvalue weighted by Gasteiger charge is 2.16. The van der Waals surface area contributed by atoms with E-state index in [4.69, 9.17) is 10.6 Å². The molecule has 0 amide bonds. The fraction of sp³-hybridized carbons (Fsp3) is 0.154. The lowest BCUT2D eigenvalue weighted by molar-refractivity contribution is -0.385. The van der Waals surface area contributed by atoms with Crippen molar-refractivity contribution in [2.45, 2.75) is 13.5 Å². The summed E-state index contributed by atoms with van der Waals surface area (Å²) in [5.74, 6) is 4.87. The van der Waals surface area contributed by atoms with E-state index in [9.17, 15) is 14.5 Å². The molecule has 0 atom stereocenters. The van der Waals surface area contributed by atoms with Gasteiger partial charge in [0, 0.05) is 17.3 Å². The SMILES string of the molecule is Cc1cc(OCc2cccnc2NN)c(F)cc1[N+](=O)[O-]. The minimum Gasteiger partial charge on any atom is -0.486 e. The van der Waals surface area contributed by atoms with Gasteiger partial charge in [0.05, 0.1) is 11.0 Å². The summed E-state index contributed by atoms with van der Waals surface area (Å²) in [4.78, 5) is 14.1. The second-order valence-electron chi connectivity index (χ2n) is 4.27. The van der Waals surface area contributed by atoms with Crippen molar-refractivity contribution in [3.05, 3.63) is 57.5 Å². The lowest BCUT2D eigenvalue weighted by Gasteiger charge is -2.10. The quantitative estimate of drug-likeness (QED) is 0.498. The maximum absolute atomic E-state index is 13.8. The number of halogens is 1. The fourth-order valence-corrected chi connectivity index (χ4v) is 1.79. The Kier molecular flexibility index (Phi) is 4.29. The minimum absolute atomic E-state index is 0.0293. The van der Waals surface area contributed by atoms with Crippen molar-refractivity contribution in [2.75, 3.05) is 5.43 Å². The summed E-state index contributed by atoms with van der Waals surface area (Å²) in [5, 5.41) is 10.7. The molecule has 0 spiro atoms. The van der Waals surface area contributed by atoms with E-state index in [1.807, 2.05) is 0 Å². The van der Waals surface area contributed by atoms with Gasteiger partial charge in [0.15, 0.2) is 11.6 Å². The highest BCUT2D eigenvalue weighted by molar-refractivity contribution is 5.46. The van der Waals surface area contributed by atoms with E-state index < -0.39 is 10.7 Å². The van der Waals surface area contributed by atoms with Gasteiger partial charge in [-0.25, -0.2) is 15.2 Å². The number of anilines is 1. The Morgan fingerprint density at radius 1 is 1.52 bits per heavy atom. The van der Waals surface area contributed by atoms with Crippen LogP contribution in [0, 0.1) is 22.9 Å². The Labute approximate surface area is 119 Å². The molecule has 2 aromatic rings. The number of hydrogen-bond acceptors (Lipinski definition) is 6. The first kappa shape index (κ1) is 14.7. The van der Waals surface area contributed by atoms with Crippen LogP contribution in [0.5, 0.6) is 5.75 Å². The molecule has 8 heteroatoms. The van der Waals surface area contributed by atoms with Crippen LogP contribution in [0.3, 0.4) is 0 Å². The summed E-state index contributed by atoms with van der Waals surface area (Å²) in [6.45, 7) is 1.54. The molecule has 0 bridgehead atoms. The van der Waals surface area contributed by atoms with E-state index in [0.717, 1.165) is 6.07 Å². The smallest absolute Gasteiger partial charge is 0.275 e. The van der Waals surface area contributed by atoms with Crippen molar-refractivity contribution in [1.82, 2.24) is 4.98 Å².